The minimum Gasteiger partial charge on any atom is -0.311 e. The molecule has 0 radical (unpaired) electrons. The normalized spacial score (nSPS) is 13.3. The standard InChI is InChI=1S/C24H28N2/c1-19-13-15-20(16-14-19)17-18-26-24(22-11-7-4-8-12-22)23(25-2)21-9-5-3-6-10-21/h3-16,23-26H,17-18H2,1-2H3. The fraction of sp³-hybridized carbons (Fsp3) is 0.250. The van der Waals surface area contributed by atoms with Gasteiger partial charge in [-0.15, -0.1) is 0 Å². The van der Waals surface area contributed by atoms with Crippen molar-refractivity contribution in [3.05, 3.63) is 107 Å². The van der Waals surface area contributed by atoms with Crippen LogP contribution in [0, 0.1) is 6.92 Å². The summed E-state index contributed by atoms with van der Waals surface area (Å²) in [5.74, 6) is 0. The van der Waals surface area contributed by atoms with E-state index < -0.39 is 0 Å². The molecule has 2 N–H and O–H groups in total. The van der Waals surface area contributed by atoms with Crippen molar-refractivity contribution in [1.82, 2.24) is 10.6 Å². The van der Waals surface area contributed by atoms with Crippen molar-refractivity contribution in [2.45, 2.75) is 25.4 Å². The molecule has 0 fully saturated rings. The lowest BCUT2D eigenvalue weighted by molar-refractivity contribution is 0.408. The van der Waals surface area contributed by atoms with Gasteiger partial charge in [0.1, 0.15) is 0 Å². The highest BCUT2D eigenvalue weighted by molar-refractivity contribution is 5.28. The van der Waals surface area contributed by atoms with Crippen LogP contribution in [0.25, 0.3) is 0 Å². The predicted molar refractivity (Wildman–Crippen MR) is 110 cm³/mol. The van der Waals surface area contributed by atoms with Crippen LogP contribution in [-0.2, 0) is 6.42 Å². The zero-order chi connectivity index (χ0) is 18.2. The van der Waals surface area contributed by atoms with E-state index in [0.717, 1.165) is 13.0 Å². The highest BCUT2D eigenvalue weighted by atomic mass is 15.0. The molecule has 2 atom stereocenters. The summed E-state index contributed by atoms with van der Waals surface area (Å²) in [5.41, 5.74) is 5.28. The monoisotopic (exact) mass is 344 g/mol. The number of benzene rings is 3. The number of rotatable bonds is 8. The first kappa shape index (κ1) is 18.4. The van der Waals surface area contributed by atoms with Gasteiger partial charge in [0.25, 0.3) is 0 Å². The van der Waals surface area contributed by atoms with Crippen LogP contribution in [-0.4, -0.2) is 13.6 Å². The summed E-state index contributed by atoms with van der Waals surface area (Å²) in [6.07, 6.45) is 1.02. The minimum absolute atomic E-state index is 0.217. The van der Waals surface area contributed by atoms with Crippen LogP contribution in [0.1, 0.15) is 34.3 Å². The van der Waals surface area contributed by atoms with Crippen LogP contribution in [0.2, 0.25) is 0 Å². The molecule has 2 heteroatoms. The third kappa shape index (κ3) is 4.81. The second-order valence-corrected chi connectivity index (χ2v) is 6.76. The molecule has 134 valence electrons. The predicted octanol–water partition coefficient (Wildman–Crippen LogP) is 4.83. The first-order chi connectivity index (χ1) is 12.8. The Morgan fingerprint density at radius 3 is 1.77 bits per heavy atom. The van der Waals surface area contributed by atoms with E-state index in [1.807, 2.05) is 7.05 Å². The average Bonchev–Trinajstić information content (AvgIpc) is 2.70. The molecule has 0 saturated carbocycles. The van der Waals surface area contributed by atoms with E-state index in [-0.39, 0.29) is 12.1 Å². The minimum atomic E-state index is 0.217. The Morgan fingerprint density at radius 1 is 0.692 bits per heavy atom. The van der Waals surface area contributed by atoms with Gasteiger partial charge in [-0.1, -0.05) is 90.5 Å². The summed E-state index contributed by atoms with van der Waals surface area (Å²) in [6, 6.07) is 30.6. The third-order valence-corrected chi connectivity index (χ3v) is 4.86. The number of likely N-dealkylation sites (N-methyl/N-ethyl adjacent to an activating group) is 1. The number of hydrogen-bond acceptors (Lipinski definition) is 2. The van der Waals surface area contributed by atoms with Crippen molar-refractivity contribution >= 4 is 0 Å². The van der Waals surface area contributed by atoms with Crippen LogP contribution in [0.4, 0.5) is 0 Å². The molecule has 0 heterocycles. The summed E-state index contributed by atoms with van der Waals surface area (Å²) in [4.78, 5) is 0. The molecule has 26 heavy (non-hydrogen) atoms. The first-order valence-corrected chi connectivity index (χ1v) is 9.34. The highest BCUT2D eigenvalue weighted by Crippen LogP contribution is 2.28. The summed E-state index contributed by atoms with van der Waals surface area (Å²) in [5, 5.41) is 7.30. The van der Waals surface area contributed by atoms with E-state index in [4.69, 9.17) is 0 Å². The molecule has 3 aromatic rings. The van der Waals surface area contributed by atoms with Crippen molar-refractivity contribution in [2.24, 2.45) is 0 Å². The van der Waals surface area contributed by atoms with E-state index in [1.165, 1.54) is 22.3 Å². The van der Waals surface area contributed by atoms with Gasteiger partial charge in [0.2, 0.25) is 0 Å². The van der Waals surface area contributed by atoms with E-state index >= 15 is 0 Å². The van der Waals surface area contributed by atoms with Gasteiger partial charge in [0.05, 0.1) is 12.1 Å². The summed E-state index contributed by atoms with van der Waals surface area (Å²) < 4.78 is 0. The lowest BCUT2D eigenvalue weighted by Gasteiger charge is -2.29. The van der Waals surface area contributed by atoms with Crippen LogP contribution in [0.5, 0.6) is 0 Å². The Bertz CT molecular complexity index is 766. The van der Waals surface area contributed by atoms with Crippen molar-refractivity contribution in [3.8, 4) is 0 Å². The van der Waals surface area contributed by atoms with Gasteiger partial charge in [-0.2, -0.15) is 0 Å². The quantitative estimate of drug-likeness (QED) is 0.612. The number of hydrogen-bond donors (Lipinski definition) is 2. The van der Waals surface area contributed by atoms with E-state index in [9.17, 15) is 0 Å². The van der Waals surface area contributed by atoms with Gasteiger partial charge < -0.3 is 10.6 Å². The average molecular weight is 345 g/mol. The van der Waals surface area contributed by atoms with Crippen LogP contribution in [0.3, 0.4) is 0 Å². The maximum atomic E-state index is 3.79. The zero-order valence-corrected chi connectivity index (χ0v) is 15.7. The Hall–Kier alpha value is -2.42. The van der Waals surface area contributed by atoms with Gasteiger partial charge in [-0.25, -0.2) is 0 Å². The Kier molecular flexibility index (Phi) is 6.59. The van der Waals surface area contributed by atoms with Gasteiger partial charge in [0.15, 0.2) is 0 Å². The second kappa shape index (κ2) is 9.33. The topological polar surface area (TPSA) is 24.1 Å². The summed E-state index contributed by atoms with van der Waals surface area (Å²) in [7, 11) is 2.04. The lowest BCUT2D eigenvalue weighted by Crippen LogP contribution is -2.34. The molecular weight excluding hydrogens is 316 g/mol. The maximum absolute atomic E-state index is 3.79. The van der Waals surface area contributed by atoms with Gasteiger partial charge in [-0.05, 0) is 43.6 Å². The smallest absolute Gasteiger partial charge is 0.0518 e. The Labute approximate surface area is 157 Å². The Morgan fingerprint density at radius 2 is 1.23 bits per heavy atom. The molecule has 0 bridgehead atoms. The van der Waals surface area contributed by atoms with Gasteiger partial charge in [0, 0.05) is 0 Å². The number of nitrogens with one attached hydrogen (secondary N) is 2. The SMILES string of the molecule is CNC(c1ccccc1)C(NCCc1ccc(C)cc1)c1ccccc1. The van der Waals surface area contributed by atoms with Crippen LogP contribution in [0.15, 0.2) is 84.9 Å². The number of aryl methyl sites for hydroxylation is 1. The van der Waals surface area contributed by atoms with E-state index in [2.05, 4.69) is 102 Å². The van der Waals surface area contributed by atoms with Crippen molar-refractivity contribution in [3.63, 3.8) is 0 Å². The van der Waals surface area contributed by atoms with Crippen LogP contribution < -0.4 is 10.6 Å². The largest absolute Gasteiger partial charge is 0.311 e. The molecule has 0 amide bonds. The van der Waals surface area contributed by atoms with E-state index in [0.29, 0.717) is 0 Å². The highest BCUT2D eigenvalue weighted by Gasteiger charge is 2.22. The molecule has 0 aromatic heterocycles. The molecule has 0 spiro atoms. The van der Waals surface area contributed by atoms with Crippen LogP contribution >= 0.6 is 0 Å². The molecule has 0 saturated heterocycles. The fourth-order valence-corrected chi connectivity index (χ4v) is 3.40. The first-order valence-electron chi connectivity index (χ1n) is 9.34. The fourth-order valence-electron chi connectivity index (χ4n) is 3.40. The maximum Gasteiger partial charge on any atom is 0.0518 e. The van der Waals surface area contributed by atoms with Gasteiger partial charge in [-0.3, -0.25) is 0 Å². The Balaban J connectivity index is 1.76. The van der Waals surface area contributed by atoms with Crippen molar-refractivity contribution in [1.29, 1.82) is 0 Å². The molecular formula is C24H28N2. The molecule has 3 rings (SSSR count). The molecule has 2 nitrogen and oxygen atoms in total. The van der Waals surface area contributed by atoms with Gasteiger partial charge >= 0.3 is 0 Å². The summed E-state index contributed by atoms with van der Waals surface area (Å²) in [6.45, 7) is 3.07. The molecule has 2 unspecified atom stereocenters. The molecule has 0 aliphatic carbocycles. The third-order valence-electron chi connectivity index (χ3n) is 4.86. The van der Waals surface area contributed by atoms with E-state index in [1.54, 1.807) is 0 Å². The zero-order valence-electron chi connectivity index (χ0n) is 15.7. The molecule has 0 aliphatic rings. The molecule has 3 aromatic carbocycles. The lowest BCUT2D eigenvalue weighted by atomic mass is 9.93. The second-order valence-electron chi connectivity index (χ2n) is 6.76. The summed E-state index contributed by atoms with van der Waals surface area (Å²) >= 11 is 0. The van der Waals surface area contributed by atoms with Crippen molar-refractivity contribution < 1.29 is 0 Å². The van der Waals surface area contributed by atoms with Crippen molar-refractivity contribution in [2.75, 3.05) is 13.6 Å². The molecule has 0 aliphatic heterocycles.